The highest BCUT2D eigenvalue weighted by Gasteiger charge is 2.29. The predicted octanol–water partition coefficient (Wildman–Crippen LogP) is 6.29. The normalized spacial score (nSPS) is 14.2. The van der Waals surface area contributed by atoms with E-state index in [2.05, 4.69) is 4.57 Å². The molecule has 6 heteroatoms. The monoisotopic (exact) mass is 515 g/mol. The maximum Gasteiger partial charge on any atom is 0.247 e. The number of carbonyl (C=O) groups excluding carboxylic acids is 2. The van der Waals surface area contributed by atoms with Crippen LogP contribution in [0.3, 0.4) is 0 Å². The SMILES string of the molecule is CC(C)N(CC(=O)N(Cc1cccn1Cc1ccc(F)cc1)C1CCCCC1)C(=O)/C=C/c1ccccc1. The number of amides is 2. The third-order valence-corrected chi connectivity index (χ3v) is 7.29. The zero-order chi connectivity index (χ0) is 26.9. The highest BCUT2D eigenvalue weighted by molar-refractivity contribution is 5.94. The van der Waals surface area contributed by atoms with Gasteiger partial charge in [0.05, 0.1) is 6.54 Å². The average Bonchev–Trinajstić information content (AvgIpc) is 3.37. The van der Waals surface area contributed by atoms with E-state index in [1.54, 1.807) is 29.2 Å². The van der Waals surface area contributed by atoms with Crippen LogP contribution in [-0.4, -0.2) is 44.8 Å². The lowest BCUT2D eigenvalue weighted by molar-refractivity contribution is -0.142. The number of halogens is 1. The minimum atomic E-state index is -0.251. The molecule has 1 aliphatic rings. The van der Waals surface area contributed by atoms with Gasteiger partial charge in [-0.1, -0.05) is 61.7 Å². The first-order chi connectivity index (χ1) is 18.4. The molecule has 0 radical (unpaired) electrons. The average molecular weight is 516 g/mol. The highest BCUT2D eigenvalue weighted by atomic mass is 19.1. The molecule has 2 amide bonds. The molecule has 1 saturated carbocycles. The smallest absolute Gasteiger partial charge is 0.247 e. The van der Waals surface area contributed by atoms with Crippen LogP contribution in [0, 0.1) is 5.82 Å². The topological polar surface area (TPSA) is 45.6 Å². The van der Waals surface area contributed by atoms with Gasteiger partial charge in [-0.2, -0.15) is 0 Å². The Morgan fingerprint density at radius 2 is 1.68 bits per heavy atom. The summed E-state index contributed by atoms with van der Waals surface area (Å²) in [6, 6.07) is 20.3. The van der Waals surface area contributed by atoms with Gasteiger partial charge < -0.3 is 14.4 Å². The second-order valence-electron chi connectivity index (χ2n) is 10.4. The highest BCUT2D eigenvalue weighted by Crippen LogP contribution is 2.25. The van der Waals surface area contributed by atoms with Crippen molar-refractivity contribution < 1.29 is 14.0 Å². The van der Waals surface area contributed by atoms with Crippen LogP contribution >= 0.6 is 0 Å². The molecule has 0 unspecified atom stereocenters. The Bertz CT molecular complexity index is 1210. The van der Waals surface area contributed by atoms with Gasteiger partial charge in [0.1, 0.15) is 12.4 Å². The van der Waals surface area contributed by atoms with Crippen molar-refractivity contribution in [2.24, 2.45) is 0 Å². The summed E-state index contributed by atoms with van der Waals surface area (Å²) in [5.41, 5.74) is 2.97. The van der Waals surface area contributed by atoms with Crippen LogP contribution in [0.2, 0.25) is 0 Å². The second-order valence-corrected chi connectivity index (χ2v) is 10.4. The Labute approximate surface area is 225 Å². The Balaban J connectivity index is 1.51. The van der Waals surface area contributed by atoms with Crippen LogP contribution in [0.25, 0.3) is 6.08 Å². The van der Waals surface area contributed by atoms with Crippen molar-refractivity contribution in [3.63, 3.8) is 0 Å². The van der Waals surface area contributed by atoms with Gasteiger partial charge in [0.15, 0.2) is 0 Å². The summed E-state index contributed by atoms with van der Waals surface area (Å²) in [6.07, 6.45) is 10.7. The molecule has 0 bridgehead atoms. The first kappa shape index (κ1) is 27.4. The fourth-order valence-corrected chi connectivity index (χ4v) is 5.10. The number of hydrogen-bond acceptors (Lipinski definition) is 2. The molecule has 2 aromatic carbocycles. The molecule has 0 saturated heterocycles. The standard InChI is InChI=1S/C32H38FN3O2/c1-25(2)35(31(37)20-17-26-10-5-3-6-11-26)24-32(38)36(29-12-7-4-8-13-29)23-30-14-9-21-34(30)22-27-15-18-28(33)19-16-27/h3,5-6,9-11,14-21,25,29H,4,7-8,12-13,22-24H2,1-2H3/b20-17+. The maximum atomic E-state index is 13.8. The van der Waals surface area contributed by atoms with Crippen LogP contribution in [0.15, 0.2) is 79.0 Å². The molecule has 3 aromatic rings. The van der Waals surface area contributed by atoms with E-state index in [1.165, 1.54) is 18.6 Å². The van der Waals surface area contributed by atoms with Crippen LogP contribution in [0.4, 0.5) is 4.39 Å². The molecule has 1 aromatic heterocycles. The summed E-state index contributed by atoms with van der Waals surface area (Å²) in [6.45, 7) is 5.03. The lowest BCUT2D eigenvalue weighted by Crippen LogP contribution is -2.49. The third kappa shape index (κ3) is 7.44. The minimum Gasteiger partial charge on any atom is -0.345 e. The number of carbonyl (C=O) groups is 2. The summed E-state index contributed by atoms with van der Waals surface area (Å²) in [5.74, 6) is -0.444. The van der Waals surface area contributed by atoms with Crippen molar-refractivity contribution >= 4 is 17.9 Å². The number of nitrogens with zero attached hydrogens (tertiary/aromatic N) is 3. The second kappa shape index (κ2) is 13.2. The number of hydrogen-bond donors (Lipinski definition) is 0. The van der Waals surface area contributed by atoms with E-state index in [4.69, 9.17) is 0 Å². The molecule has 0 aliphatic heterocycles. The quantitative estimate of drug-likeness (QED) is 0.298. The predicted molar refractivity (Wildman–Crippen MR) is 150 cm³/mol. The van der Waals surface area contributed by atoms with Crippen molar-refractivity contribution in [2.45, 2.75) is 71.1 Å². The molecule has 1 fully saturated rings. The molecule has 4 rings (SSSR count). The van der Waals surface area contributed by atoms with Gasteiger partial charge in [0.25, 0.3) is 0 Å². The van der Waals surface area contributed by atoms with E-state index in [1.807, 2.05) is 67.4 Å². The van der Waals surface area contributed by atoms with Crippen molar-refractivity contribution in [1.29, 1.82) is 0 Å². The molecular weight excluding hydrogens is 477 g/mol. The van der Waals surface area contributed by atoms with E-state index >= 15 is 0 Å². The van der Waals surface area contributed by atoms with E-state index in [-0.39, 0.29) is 36.3 Å². The van der Waals surface area contributed by atoms with Crippen LogP contribution in [0.5, 0.6) is 0 Å². The molecule has 1 aliphatic carbocycles. The fourth-order valence-electron chi connectivity index (χ4n) is 5.10. The molecule has 200 valence electrons. The third-order valence-electron chi connectivity index (χ3n) is 7.29. The van der Waals surface area contributed by atoms with Gasteiger partial charge in [0, 0.05) is 36.6 Å². The van der Waals surface area contributed by atoms with Gasteiger partial charge in [-0.25, -0.2) is 4.39 Å². The first-order valence-corrected chi connectivity index (χ1v) is 13.6. The fraction of sp³-hybridized carbons (Fsp3) is 0.375. The molecule has 38 heavy (non-hydrogen) atoms. The zero-order valence-corrected chi connectivity index (χ0v) is 22.4. The molecule has 5 nitrogen and oxygen atoms in total. The van der Waals surface area contributed by atoms with E-state index in [0.717, 1.165) is 42.5 Å². The molecule has 0 spiro atoms. The Hall–Kier alpha value is -3.67. The Morgan fingerprint density at radius 1 is 0.974 bits per heavy atom. The van der Waals surface area contributed by atoms with Gasteiger partial charge in [0.2, 0.25) is 11.8 Å². The minimum absolute atomic E-state index is 0.0263. The van der Waals surface area contributed by atoms with Crippen LogP contribution in [0.1, 0.15) is 62.8 Å². The molecule has 0 N–H and O–H groups in total. The van der Waals surface area contributed by atoms with Crippen molar-refractivity contribution in [3.05, 3.63) is 102 Å². The summed E-state index contributed by atoms with van der Waals surface area (Å²) in [5, 5.41) is 0. The van der Waals surface area contributed by atoms with Crippen molar-refractivity contribution in [3.8, 4) is 0 Å². The molecule has 1 heterocycles. The van der Waals surface area contributed by atoms with Gasteiger partial charge in [-0.15, -0.1) is 0 Å². The van der Waals surface area contributed by atoms with Crippen LogP contribution < -0.4 is 0 Å². The Morgan fingerprint density at radius 3 is 2.37 bits per heavy atom. The summed E-state index contributed by atoms with van der Waals surface area (Å²) in [7, 11) is 0. The largest absolute Gasteiger partial charge is 0.345 e. The van der Waals surface area contributed by atoms with Gasteiger partial charge in [-0.3, -0.25) is 9.59 Å². The summed E-state index contributed by atoms with van der Waals surface area (Å²) in [4.78, 5) is 30.6. The lowest BCUT2D eigenvalue weighted by Gasteiger charge is -2.36. The van der Waals surface area contributed by atoms with E-state index in [9.17, 15) is 14.0 Å². The van der Waals surface area contributed by atoms with E-state index < -0.39 is 0 Å². The zero-order valence-electron chi connectivity index (χ0n) is 22.4. The van der Waals surface area contributed by atoms with Gasteiger partial charge >= 0.3 is 0 Å². The molecular formula is C32H38FN3O2. The van der Waals surface area contributed by atoms with Crippen LogP contribution in [-0.2, 0) is 22.7 Å². The van der Waals surface area contributed by atoms with E-state index in [0.29, 0.717) is 13.1 Å². The van der Waals surface area contributed by atoms with Crippen molar-refractivity contribution in [2.75, 3.05) is 6.54 Å². The maximum absolute atomic E-state index is 13.8. The van der Waals surface area contributed by atoms with Gasteiger partial charge in [-0.05, 0) is 68.2 Å². The number of benzene rings is 2. The van der Waals surface area contributed by atoms with Crippen molar-refractivity contribution in [1.82, 2.24) is 14.4 Å². The summed E-state index contributed by atoms with van der Waals surface area (Å²) >= 11 is 0. The molecule has 0 atom stereocenters. The first-order valence-electron chi connectivity index (χ1n) is 13.6. The summed E-state index contributed by atoms with van der Waals surface area (Å²) < 4.78 is 15.5. The number of aromatic nitrogens is 1. The lowest BCUT2D eigenvalue weighted by atomic mass is 9.94. The Kier molecular flexibility index (Phi) is 9.52. The number of rotatable bonds is 10.